The molecule has 0 fully saturated rings. The molecule has 0 aliphatic rings. The van der Waals surface area contributed by atoms with Crippen molar-refractivity contribution in [2.24, 2.45) is 0 Å². The third kappa shape index (κ3) is 4.71. The summed E-state index contributed by atoms with van der Waals surface area (Å²) in [4.78, 5) is 15.8. The summed E-state index contributed by atoms with van der Waals surface area (Å²) < 4.78 is 64.4. The summed E-state index contributed by atoms with van der Waals surface area (Å²) in [6.45, 7) is 1.62. The van der Waals surface area contributed by atoms with Crippen molar-refractivity contribution >= 4 is 38.3 Å². The molecule has 1 aromatic carbocycles. The number of carbonyl (C=O) groups excluding carboxylic acids is 1. The van der Waals surface area contributed by atoms with E-state index in [1.54, 1.807) is 6.92 Å². The number of thiazole rings is 1. The molecule has 1 aromatic heterocycles. The van der Waals surface area contributed by atoms with Crippen LogP contribution in [0.5, 0.6) is 0 Å². The molecule has 0 unspecified atom stereocenters. The van der Waals surface area contributed by atoms with E-state index in [-0.39, 0.29) is 16.5 Å². The van der Waals surface area contributed by atoms with Gasteiger partial charge >= 0.3 is 16.4 Å². The largest absolute Gasteiger partial charge is 0.416 e. The number of benzene rings is 1. The van der Waals surface area contributed by atoms with E-state index in [1.165, 1.54) is 25.5 Å². The van der Waals surface area contributed by atoms with E-state index in [4.69, 9.17) is 0 Å². The molecule has 0 bridgehead atoms. The summed E-state index contributed by atoms with van der Waals surface area (Å²) >= 11 is 0.956. The number of halogens is 3. The Kier molecular flexibility index (Phi) is 5.58. The zero-order valence-corrected chi connectivity index (χ0v) is 15.5. The molecule has 2 aromatic rings. The van der Waals surface area contributed by atoms with Crippen LogP contribution in [0, 0.1) is 6.92 Å². The highest BCUT2D eigenvalue weighted by atomic mass is 32.2. The second kappa shape index (κ2) is 7.21. The van der Waals surface area contributed by atoms with Gasteiger partial charge in [-0.3, -0.25) is 4.79 Å². The maximum Gasteiger partial charge on any atom is 0.416 e. The van der Waals surface area contributed by atoms with Gasteiger partial charge in [-0.25, -0.2) is 9.71 Å². The van der Waals surface area contributed by atoms with E-state index in [1.807, 2.05) is 4.72 Å². The molecule has 0 spiro atoms. The first-order valence-electron chi connectivity index (χ1n) is 7.05. The lowest BCUT2D eigenvalue weighted by Gasteiger charge is -2.12. The summed E-state index contributed by atoms with van der Waals surface area (Å²) in [5.74, 6) is -0.941. The fourth-order valence-corrected chi connectivity index (χ4v) is 2.97. The fraction of sp³-hybridized carbons (Fsp3) is 0.286. The van der Waals surface area contributed by atoms with Crippen LogP contribution in [0.3, 0.4) is 0 Å². The molecule has 26 heavy (non-hydrogen) atoms. The van der Waals surface area contributed by atoms with Crippen molar-refractivity contribution in [2.75, 3.05) is 19.4 Å². The lowest BCUT2D eigenvalue weighted by molar-refractivity contribution is -0.137. The summed E-state index contributed by atoms with van der Waals surface area (Å²) in [6.07, 6.45) is -4.49. The Labute approximate surface area is 152 Å². The first kappa shape index (κ1) is 20.1. The van der Waals surface area contributed by atoms with Crippen molar-refractivity contribution in [3.63, 3.8) is 0 Å². The van der Waals surface area contributed by atoms with Gasteiger partial charge in [0.15, 0.2) is 5.13 Å². The van der Waals surface area contributed by atoms with Crippen LogP contribution in [-0.4, -0.2) is 37.7 Å². The van der Waals surface area contributed by atoms with Crippen molar-refractivity contribution in [3.05, 3.63) is 40.4 Å². The predicted octanol–water partition coefficient (Wildman–Crippen LogP) is 2.75. The molecule has 2 rings (SSSR count). The smallest absolute Gasteiger partial charge is 0.331 e. The number of nitrogens with one attached hydrogen (secondary N) is 2. The molecule has 0 radical (unpaired) electrons. The van der Waals surface area contributed by atoms with E-state index >= 15 is 0 Å². The van der Waals surface area contributed by atoms with Crippen LogP contribution in [0.2, 0.25) is 0 Å². The van der Waals surface area contributed by atoms with E-state index < -0.39 is 27.9 Å². The Morgan fingerprint density at radius 1 is 1.27 bits per heavy atom. The average molecular weight is 408 g/mol. The Morgan fingerprint density at radius 2 is 1.92 bits per heavy atom. The third-order valence-electron chi connectivity index (χ3n) is 3.25. The van der Waals surface area contributed by atoms with Gasteiger partial charge in [-0.15, -0.1) is 11.3 Å². The van der Waals surface area contributed by atoms with Crippen LogP contribution < -0.4 is 10.0 Å². The average Bonchev–Trinajstić information content (AvgIpc) is 2.96. The number of aryl methyl sites for hydroxylation is 1. The Morgan fingerprint density at radius 3 is 2.50 bits per heavy atom. The first-order valence-corrected chi connectivity index (χ1v) is 9.37. The first-order chi connectivity index (χ1) is 11.9. The van der Waals surface area contributed by atoms with Crippen LogP contribution in [0.4, 0.5) is 24.0 Å². The molecule has 1 heterocycles. The number of aromatic nitrogens is 1. The molecule has 0 aliphatic heterocycles. The second-order valence-electron chi connectivity index (χ2n) is 5.41. The molecule has 12 heteroatoms. The fourth-order valence-electron chi connectivity index (χ4n) is 1.74. The molecule has 0 aliphatic carbocycles. The zero-order chi connectivity index (χ0) is 19.7. The van der Waals surface area contributed by atoms with Gasteiger partial charge in [0.2, 0.25) is 0 Å². The van der Waals surface area contributed by atoms with Gasteiger partial charge in [0.1, 0.15) is 5.69 Å². The summed E-state index contributed by atoms with van der Waals surface area (Å²) in [5, 5.41) is 4.16. The molecule has 0 atom stereocenters. The van der Waals surface area contributed by atoms with Crippen molar-refractivity contribution in [1.82, 2.24) is 14.0 Å². The van der Waals surface area contributed by atoms with Crippen LogP contribution in [0.15, 0.2) is 23.6 Å². The Hall–Kier alpha value is -2.18. The standard InChI is InChI=1S/C14H15F3N4O3S2/c1-8-4-5-9(14(15,16)17)6-10(8)18-13-19-11(7-25-13)12(22)20-26(23,24)21(2)3/h4-7H,1-3H3,(H,18,19)(H,20,22). The highest BCUT2D eigenvalue weighted by Gasteiger charge is 2.31. The van der Waals surface area contributed by atoms with Gasteiger partial charge in [0.25, 0.3) is 5.91 Å². The number of hydrogen-bond donors (Lipinski definition) is 2. The number of nitrogens with zero attached hydrogens (tertiary/aromatic N) is 2. The van der Waals surface area contributed by atoms with E-state index in [2.05, 4.69) is 10.3 Å². The number of hydrogen-bond acceptors (Lipinski definition) is 6. The minimum atomic E-state index is -4.49. The molecule has 0 saturated heterocycles. The van der Waals surface area contributed by atoms with Crippen LogP contribution in [-0.2, 0) is 16.4 Å². The SMILES string of the molecule is Cc1ccc(C(F)(F)F)cc1Nc1nc(C(=O)NS(=O)(=O)N(C)C)cs1. The second-order valence-corrected chi connectivity index (χ2v) is 8.15. The monoisotopic (exact) mass is 408 g/mol. The lowest BCUT2D eigenvalue weighted by atomic mass is 10.1. The number of carbonyl (C=O) groups is 1. The minimum Gasteiger partial charge on any atom is -0.331 e. The lowest BCUT2D eigenvalue weighted by Crippen LogP contribution is -2.39. The van der Waals surface area contributed by atoms with Crippen LogP contribution in [0.25, 0.3) is 0 Å². The quantitative estimate of drug-likeness (QED) is 0.794. The molecule has 142 valence electrons. The number of rotatable bonds is 5. The summed E-state index contributed by atoms with van der Waals surface area (Å²) in [5.41, 5.74) is -0.263. The molecular weight excluding hydrogens is 393 g/mol. The van der Waals surface area contributed by atoms with Crippen molar-refractivity contribution < 1.29 is 26.4 Å². The van der Waals surface area contributed by atoms with Crippen molar-refractivity contribution in [3.8, 4) is 0 Å². The minimum absolute atomic E-state index is 0.153. The van der Waals surface area contributed by atoms with Gasteiger partial charge < -0.3 is 5.32 Å². The maximum atomic E-state index is 12.8. The summed E-state index contributed by atoms with van der Waals surface area (Å²) in [7, 11) is -1.47. The van der Waals surface area contributed by atoms with Crippen molar-refractivity contribution in [2.45, 2.75) is 13.1 Å². The molecule has 0 saturated carbocycles. The summed E-state index contributed by atoms with van der Waals surface area (Å²) in [6, 6.07) is 3.22. The number of amides is 1. The molecule has 1 amide bonds. The van der Waals surface area contributed by atoms with Gasteiger partial charge in [0, 0.05) is 25.2 Å². The molecule has 7 nitrogen and oxygen atoms in total. The zero-order valence-electron chi connectivity index (χ0n) is 13.9. The highest BCUT2D eigenvalue weighted by Crippen LogP contribution is 2.33. The number of alkyl halides is 3. The third-order valence-corrected chi connectivity index (χ3v) is 5.41. The van der Waals surface area contributed by atoms with Gasteiger partial charge in [-0.2, -0.15) is 25.9 Å². The van der Waals surface area contributed by atoms with E-state index in [0.29, 0.717) is 5.56 Å². The molecular formula is C14H15F3N4O3S2. The Balaban J connectivity index is 2.20. The normalized spacial score (nSPS) is 12.3. The van der Waals surface area contributed by atoms with Crippen molar-refractivity contribution in [1.29, 1.82) is 0 Å². The maximum absolute atomic E-state index is 12.8. The van der Waals surface area contributed by atoms with Gasteiger partial charge in [-0.05, 0) is 24.6 Å². The van der Waals surface area contributed by atoms with E-state index in [0.717, 1.165) is 27.8 Å². The highest BCUT2D eigenvalue weighted by molar-refractivity contribution is 7.87. The number of anilines is 2. The Bertz CT molecular complexity index is 924. The van der Waals surface area contributed by atoms with Crippen LogP contribution >= 0.6 is 11.3 Å². The predicted molar refractivity (Wildman–Crippen MR) is 91.7 cm³/mol. The topological polar surface area (TPSA) is 91.4 Å². The van der Waals surface area contributed by atoms with Gasteiger partial charge in [-0.1, -0.05) is 6.07 Å². The van der Waals surface area contributed by atoms with E-state index in [9.17, 15) is 26.4 Å². The molecule has 2 N–H and O–H groups in total. The van der Waals surface area contributed by atoms with Crippen LogP contribution in [0.1, 0.15) is 21.6 Å². The van der Waals surface area contributed by atoms with Gasteiger partial charge in [0.05, 0.1) is 5.56 Å².